The Morgan fingerprint density at radius 1 is 1.37 bits per heavy atom. The summed E-state index contributed by atoms with van der Waals surface area (Å²) in [6.07, 6.45) is 6.21. The van der Waals surface area contributed by atoms with Crippen molar-refractivity contribution in [1.29, 1.82) is 0 Å². The minimum absolute atomic E-state index is 0.0166. The fourth-order valence-corrected chi connectivity index (χ4v) is 2.98. The van der Waals surface area contributed by atoms with Gasteiger partial charge in [-0.15, -0.1) is 0 Å². The average molecular weight is 281 g/mol. The highest BCUT2D eigenvalue weighted by Crippen LogP contribution is 2.29. The first-order valence-corrected chi connectivity index (χ1v) is 7.49. The van der Waals surface area contributed by atoms with Gasteiger partial charge in [0.05, 0.1) is 6.10 Å². The van der Waals surface area contributed by atoms with Crippen molar-refractivity contribution < 1.29 is 9.53 Å². The third-order valence-electron chi connectivity index (χ3n) is 3.94. The number of benzene rings is 1. The zero-order valence-electron chi connectivity index (χ0n) is 11.4. The standard InChI is InChI=1S/C16H21ClO2/c1-2-12-6-3-4-9-16(12)19-11-15(18)13-7-5-8-14(17)10-13/h5,7-8,10,12,16H,2-4,6,9,11H2,1H3. The second-order valence-corrected chi connectivity index (χ2v) is 5.67. The van der Waals surface area contributed by atoms with E-state index < -0.39 is 0 Å². The fraction of sp³-hybridized carbons (Fsp3) is 0.562. The predicted molar refractivity (Wildman–Crippen MR) is 77.8 cm³/mol. The van der Waals surface area contributed by atoms with E-state index in [1.165, 1.54) is 19.3 Å². The summed E-state index contributed by atoms with van der Waals surface area (Å²) in [5.74, 6) is 0.629. The van der Waals surface area contributed by atoms with Crippen LogP contribution in [-0.4, -0.2) is 18.5 Å². The monoisotopic (exact) mass is 280 g/mol. The highest BCUT2D eigenvalue weighted by atomic mass is 35.5. The third-order valence-corrected chi connectivity index (χ3v) is 4.17. The molecule has 2 rings (SSSR count). The molecule has 0 radical (unpaired) electrons. The summed E-state index contributed by atoms with van der Waals surface area (Å²) in [5.41, 5.74) is 0.636. The molecular formula is C16H21ClO2. The Labute approximate surface area is 120 Å². The lowest BCUT2D eigenvalue weighted by Crippen LogP contribution is -2.29. The quantitative estimate of drug-likeness (QED) is 0.742. The summed E-state index contributed by atoms with van der Waals surface area (Å²) in [5, 5.41) is 0.593. The number of carbonyl (C=O) groups excluding carboxylic acids is 1. The van der Waals surface area contributed by atoms with Crippen molar-refractivity contribution in [2.24, 2.45) is 5.92 Å². The molecule has 1 aromatic rings. The van der Waals surface area contributed by atoms with Gasteiger partial charge in [-0.1, -0.05) is 49.9 Å². The summed E-state index contributed by atoms with van der Waals surface area (Å²) in [7, 11) is 0. The zero-order chi connectivity index (χ0) is 13.7. The highest BCUT2D eigenvalue weighted by Gasteiger charge is 2.25. The minimum Gasteiger partial charge on any atom is -0.370 e. The Bertz CT molecular complexity index is 431. The van der Waals surface area contributed by atoms with Crippen LogP contribution in [0.1, 0.15) is 49.4 Å². The zero-order valence-corrected chi connectivity index (χ0v) is 12.2. The second kappa shape index (κ2) is 7.06. The molecule has 0 bridgehead atoms. The van der Waals surface area contributed by atoms with Crippen molar-refractivity contribution >= 4 is 17.4 Å². The van der Waals surface area contributed by atoms with Crippen LogP contribution in [0.2, 0.25) is 5.02 Å². The van der Waals surface area contributed by atoms with Crippen LogP contribution in [-0.2, 0) is 4.74 Å². The molecule has 1 aliphatic carbocycles. The molecule has 2 unspecified atom stereocenters. The normalized spacial score (nSPS) is 23.3. The Morgan fingerprint density at radius 2 is 2.16 bits per heavy atom. The van der Waals surface area contributed by atoms with Crippen molar-refractivity contribution in [3.05, 3.63) is 34.9 Å². The Balaban J connectivity index is 1.89. The van der Waals surface area contributed by atoms with Gasteiger partial charge in [0.25, 0.3) is 0 Å². The SMILES string of the molecule is CCC1CCCCC1OCC(=O)c1cccc(Cl)c1. The number of carbonyl (C=O) groups is 1. The van der Waals surface area contributed by atoms with Gasteiger partial charge in [0, 0.05) is 10.6 Å². The van der Waals surface area contributed by atoms with Crippen molar-refractivity contribution in [2.75, 3.05) is 6.61 Å². The van der Waals surface area contributed by atoms with E-state index >= 15 is 0 Å². The molecule has 2 atom stereocenters. The maximum Gasteiger partial charge on any atom is 0.188 e. The number of ketones is 1. The highest BCUT2D eigenvalue weighted by molar-refractivity contribution is 6.31. The van der Waals surface area contributed by atoms with Crippen LogP contribution in [0.5, 0.6) is 0 Å². The first-order valence-electron chi connectivity index (χ1n) is 7.11. The van der Waals surface area contributed by atoms with Crippen molar-refractivity contribution in [1.82, 2.24) is 0 Å². The van der Waals surface area contributed by atoms with Crippen LogP contribution < -0.4 is 0 Å². The third kappa shape index (κ3) is 4.05. The van der Waals surface area contributed by atoms with Gasteiger partial charge in [0.1, 0.15) is 6.61 Å². The molecule has 1 saturated carbocycles. The van der Waals surface area contributed by atoms with E-state index in [1.807, 2.05) is 0 Å². The maximum absolute atomic E-state index is 12.1. The molecule has 1 aromatic carbocycles. The summed E-state index contributed by atoms with van der Waals surface area (Å²) in [4.78, 5) is 12.1. The molecule has 0 saturated heterocycles. The summed E-state index contributed by atoms with van der Waals surface area (Å²) in [6.45, 7) is 2.37. The fourth-order valence-electron chi connectivity index (χ4n) is 2.79. The van der Waals surface area contributed by atoms with Gasteiger partial charge in [-0.05, 0) is 30.9 Å². The molecule has 2 nitrogen and oxygen atoms in total. The van der Waals surface area contributed by atoms with Crippen LogP contribution in [0.3, 0.4) is 0 Å². The molecule has 0 heterocycles. The lowest BCUT2D eigenvalue weighted by atomic mass is 9.85. The van der Waals surface area contributed by atoms with Crippen molar-refractivity contribution in [2.45, 2.75) is 45.1 Å². The lowest BCUT2D eigenvalue weighted by Gasteiger charge is -2.30. The van der Waals surface area contributed by atoms with E-state index in [0.29, 0.717) is 16.5 Å². The van der Waals surface area contributed by atoms with Crippen LogP contribution in [0.4, 0.5) is 0 Å². The first kappa shape index (κ1) is 14.5. The van der Waals surface area contributed by atoms with E-state index in [4.69, 9.17) is 16.3 Å². The predicted octanol–water partition coefficient (Wildman–Crippen LogP) is 4.51. The molecule has 19 heavy (non-hydrogen) atoms. The average Bonchev–Trinajstić information content (AvgIpc) is 2.45. The molecule has 104 valence electrons. The summed E-state index contributed by atoms with van der Waals surface area (Å²) < 4.78 is 5.85. The number of hydrogen-bond acceptors (Lipinski definition) is 2. The Hall–Kier alpha value is -0.860. The molecule has 0 amide bonds. The number of Topliss-reactive ketones (excluding diaryl/α,β-unsaturated/α-hetero) is 1. The van der Waals surface area contributed by atoms with E-state index in [2.05, 4.69) is 6.92 Å². The summed E-state index contributed by atoms with van der Waals surface area (Å²) >= 11 is 5.89. The molecular weight excluding hydrogens is 260 g/mol. The van der Waals surface area contributed by atoms with Gasteiger partial charge in [-0.25, -0.2) is 0 Å². The molecule has 0 spiro atoms. The number of hydrogen-bond donors (Lipinski definition) is 0. The minimum atomic E-state index is 0.0166. The molecule has 1 aliphatic rings. The smallest absolute Gasteiger partial charge is 0.188 e. The first-order chi connectivity index (χ1) is 9.20. The molecule has 0 aliphatic heterocycles. The second-order valence-electron chi connectivity index (χ2n) is 5.24. The molecule has 0 N–H and O–H groups in total. The van der Waals surface area contributed by atoms with Crippen LogP contribution in [0, 0.1) is 5.92 Å². The van der Waals surface area contributed by atoms with Gasteiger partial charge in [-0.3, -0.25) is 4.79 Å². The van der Waals surface area contributed by atoms with E-state index in [0.717, 1.165) is 12.8 Å². The maximum atomic E-state index is 12.1. The van der Waals surface area contributed by atoms with Gasteiger partial charge in [-0.2, -0.15) is 0 Å². The number of ether oxygens (including phenoxy) is 1. The van der Waals surface area contributed by atoms with Gasteiger partial charge < -0.3 is 4.74 Å². The molecule has 3 heteroatoms. The Kier molecular flexibility index (Phi) is 5.41. The van der Waals surface area contributed by atoms with Gasteiger partial charge in [0.15, 0.2) is 5.78 Å². The topological polar surface area (TPSA) is 26.3 Å². The van der Waals surface area contributed by atoms with Gasteiger partial charge in [0.2, 0.25) is 0 Å². The number of rotatable bonds is 5. The van der Waals surface area contributed by atoms with E-state index in [9.17, 15) is 4.79 Å². The van der Waals surface area contributed by atoms with Crippen molar-refractivity contribution in [3.63, 3.8) is 0 Å². The summed E-state index contributed by atoms with van der Waals surface area (Å²) in [6, 6.07) is 7.06. The number of halogens is 1. The lowest BCUT2D eigenvalue weighted by molar-refractivity contribution is -0.00570. The van der Waals surface area contributed by atoms with Crippen LogP contribution >= 0.6 is 11.6 Å². The van der Waals surface area contributed by atoms with E-state index in [1.54, 1.807) is 24.3 Å². The van der Waals surface area contributed by atoms with Crippen LogP contribution in [0.15, 0.2) is 24.3 Å². The molecule has 1 fully saturated rings. The molecule has 0 aromatic heterocycles. The van der Waals surface area contributed by atoms with E-state index in [-0.39, 0.29) is 18.5 Å². The van der Waals surface area contributed by atoms with Crippen molar-refractivity contribution in [3.8, 4) is 0 Å². The largest absolute Gasteiger partial charge is 0.370 e. The van der Waals surface area contributed by atoms with Crippen LogP contribution in [0.25, 0.3) is 0 Å². The Morgan fingerprint density at radius 3 is 2.89 bits per heavy atom. The van der Waals surface area contributed by atoms with Gasteiger partial charge >= 0.3 is 0 Å².